The maximum absolute atomic E-state index is 6.09. The van der Waals surface area contributed by atoms with E-state index in [0.29, 0.717) is 16.6 Å². The van der Waals surface area contributed by atoms with Crippen molar-refractivity contribution in [2.24, 2.45) is 0 Å². The van der Waals surface area contributed by atoms with E-state index in [0.717, 1.165) is 33.5 Å². The van der Waals surface area contributed by atoms with Crippen LogP contribution in [0, 0.1) is 0 Å². The van der Waals surface area contributed by atoms with E-state index in [-0.39, 0.29) is 0 Å². The summed E-state index contributed by atoms with van der Waals surface area (Å²) >= 11 is 6.09. The number of anilines is 1. The molecule has 25 heavy (non-hydrogen) atoms. The van der Waals surface area contributed by atoms with Crippen molar-refractivity contribution in [1.29, 1.82) is 0 Å². The van der Waals surface area contributed by atoms with Gasteiger partial charge in [0.15, 0.2) is 0 Å². The summed E-state index contributed by atoms with van der Waals surface area (Å²) in [4.78, 5) is 16.4. The fourth-order valence-electron chi connectivity index (χ4n) is 2.77. The largest absolute Gasteiger partial charge is 0.495 e. The van der Waals surface area contributed by atoms with Crippen LogP contribution in [0.4, 0.5) is 5.82 Å². The van der Waals surface area contributed by atoms with E-state index >= 15 is 0 Å². The highest BCUT2D eigenvalue weighted by atomic mass is 35.5. The summed E-state index contributed by atoms with van der Waals surface area (Å²) in [5.74, 6) is 1.13. The molecule has 0 radical (unpaired) electrons. The maximum atomic E-state index is 6.09. The number of methoxy groups -OCH3 is 1. The molecule has 6 nitrogen and oxygen atoms in total. The van der Waals surface area contributed by atoms with E-state index in [1.165, 1.54) is 0 Å². The van der Waals surface area contributed by atoms with E-state index in [2.05, 4.69) is 19.9 Å². The molecular weight excluding hydrogens is 338 g/mol. The molecule has 0 atom stereocenters. The van der Waals surface area contributed by atoms with Gasteiger partial charge in [-0.2, -0.15) is 0 Å². The minimum Gasteiger partial charge on any atom is -0.495 e. The van der Waals surface area contributed by atoms with Crippen LogP contribution >= 0.6 is 11.6 Å². The number of nitrogens with two attached hydrogens (primary N) is 1. The first-order valence-electron chi connectivity index (χ1n) is 7.55. The van der Waals surface area contributed by atoms with Gasteiger partial charge in [-0.05, 0) is 30.3 Å². The zero-order valence-corrected chi connectivity index (χ0v) is 14.1. The number of hydrogen-bond acceptors (Lipinski definition) is 5. The fourth-order valence-corrected chi connectivity index (χ4v) is 2.93. The fraction of sp³-hybridized carbons (Fsp3) is 0.0556. The van der Waals surface area contributed by atoms with Crippen LogP contribution in [0.3, 0.4) is 0 Å². The molecular formula is C18H14ClN5O. The lowest BCUT2D eigenvalue weighted by molar-refractivity contribution is 0.413. The van der Waals surface area contributed by atoms with Crippen molar-refractivity contribution in [2.75, 3.05) is 12.8 Å². The van der Waals surface area contributed by atoms with Crippen molar-refractivity contribution in [1.82, 2.24) is 19.9 Å². The lowest BCUT2D eigenvalue weighted by Crippen LogP contribution is -1.92. The first-order chi connectivity index (χ1) is 12.2. The molecule has 0 spiro atoms. The Morgan fingerprint density at radius 1 is 1.08 bits per heavy atom. The Kier molecular flexibility index (Phi) is 3.74. The number of H-pyrrole nitrogens is 1. The smallest absolute Gasteiger partial charge is 0.137 e. The summed E-state index contributed by atoms with van der Waals surface area (Å²) in [6.07, 6.45) is 4.96. The average Bonchev–Trinajstić information content (AvgIpc) is 3.00. The van der Waals surface area contributed by atoms with Gasteiger partial charge in [-0.25, -0.2) is 4.98 Å². The van der Waals surface area contributed by atoms with Crippen LogP contribution in [-0.4, -0.2) is 27.0 Å². The molecule has 0 aromatic carbocycles. The normalized spacial score (nSPS) is 11.0. The maximum Gasteiger partial charge on any atom is 0.137 e. The molecule has 0 amide bonds. The number of aromatic nitrogens is 4. The van der Waals surface area contributed by atoms with E-state index in [9.17, 15) is 0 Å². The van der Waals surface area contributed by atoms with Gasteiger partial charge in [0.05, 0.1) is 46.3 Å². The molecule has 0 unspecified atom stereocenters. The van der Waals surface area contributed by atoms with Crippen LogP contribution in [0.2, 0.25) is 5.02 Å². The van der Waals surface area contributed by atoms with Gasteiger partial charge in [0.2, 0.25) is 0 Å². The third-order valence-corrected chi connectivity index (χ3v) is 4.11. The van der Waals surface area contributed by atoms with Crippen molar-refractivity contribution < 1.29 is 4.74 Å². The molecule has 0 saturated carbocycles. The van der Waals surface area contributed by atoms with Crippen LogP contribution in [0.25, 0.3) is 33.5 Å². The minimum atomic E-state index is 0.441. The highest BCUT2D eigenvalue weighted by Gasteiger charge is 2.18. The molecule has 4 rings (SSSR count). The topological polar surface area (TPSA) is 89.7 Å². The number of rotatable bonds is 3. The number of ether oxygens (including phenoxy) is 1. The van der Waals surface area contributed by atoms with Gasteiger partial charge in [-0.1, -0.05) is 11.6 Å². The average molecular weight is 352 g/mol. The van der Waals surface area contributed by atoms with E-state index in [1.807, 2.05) is 24.3 Å². The van der Waals surface area contributed by atoms with Gasteiger partial charge in [0, 0.05) is 18.0 Å². The Hall–Kier alpha value is -3.12. The third-order valence-electron chi connectivity index (χ3n) is 3.90. The molecule has 4 aromatic heterocycles. The molecule has 0 saturated heterocycles. The third kappa shape index (κ3) is 2.77. The highest BCUT2D eigenvalue weighted by Crippen LogP contribution is 2.37. The Bertz CT molecular complexity index is 1060. The van der Waals surface area contributed by atoms with Crippen LogP contribution in [-0.2, 0) is 0 Å². The van der Waals surface area contributed by atoms with Gasteiger partial charge < -0.3 is 15.5 Å². The van der Waals surface area contributed by atoms with Crippen molar-refractivity contribution in [3.05, 3.63) is 53.9 Å². The molecule has 124 valence electrons. The van der Waals surface area contributed by atoms with Crippen molar-refractivity contribution in [3.8, 4) is 28.3 Å². The number of halogens is 1. The molecule has 4 heterocycles. The van der Waals surface area contributed by atoms with Gasteiger partial charge in [-0.15, -0.1) is 0 Å². The van der Waals surface area contributed by atoms with E-state index < -0.39 is 0 Å². The Morgan fingerprint density at radius 2 is 1.96 bits per heavy atom. The molecule has 4 aromatic rings. The summed E-state index contributed by atoms with van der Waals surface area (Å²) in [6, 6.07) is 9.29. The van der Waals surface area contributed by atoms with Crippen LogP contribution in [0.1, 0.15) is 0 Å². The van der Waals surface area contributed by atoms with Gasteiger partial charge in [0.1, 0.15) is 11.6 Å². The summed E-state index contributed by atoms with van der Waals surface area (Å²) in [7, 11) is 1.61. The molecule has 7 heteroatoms. The van der Waals surface area contributed by atoms with Crippen LogP contribution in [0.5, 0.6) is 5.75 Å². The first kappa shape index (κ1) is 15.4. The SMILES string of the molecule is COc1ccc(-c2c(-c3ccnc(N)c3)[nH]c3cc(Cl)cnc23)nc1. The number of nitrogens with zero attached hydrogens (tertiary/aromatic N) is 3. The van der Waals surface area contributed by atoms with Crippen molar-refractivity contribution >= 4 is 28.5 Å². The lowest BCUT2D eigenvalue weighted by atomic mass is 10.0. The monoisotopic (exact) mass is 351 g/mol. The predicted octanol–water partition coefficient (Wildman–Crippen LogP) is 3.93. The Morgan fingerprint density at radius 3 is 2.68 bits per heavy atom. The van der Waals surface area contributed by atoms with Crippen molar-refractivity contribution in [3.63, 3.8) is 0 Å². The summed E-state index contributed by atoms with van der Waals surface area (Å²) in [6.45, 7) is 0. The molecule has 0 aliphatic rings. The molecule has 3 N–H and O–H groups in total. The summed E-state index contributed by atoms with van der Waals surface area (Å²) in [5, 5.41) is 0.559. The van der Waals surface area contributed by atoms with Crippen molar-refractivity contribution in [2.45, 2.75) is 0 Å². The van der Waals surface area contributed by atoms with Crippen LogP contribution < -0.4 is 10.5 Å². The summed E-state index contributed by atoms with van der Waals surface area (Å²) < 4.78 is 5.19. The number of hydrogen-bond donors (Lipinski definition) is 2. The molecule has 0 aliphatic heterocycles. The number of nitrogens with one attached hydrogen (secondary N) is 1. The van der Waals surface area contributed by atoms with Gasteiger partial charge in [-0.3, -0.25) is 9.97 Å². The first-order valence-corrected chi connectivity index (χ1v) is 7.93. The number of pyridine rings is 3. The quantitative estimate of drug-likeness (QED) is 0.583. The Labute approximate surface area is 148 Å². The lowest BCUT2D eigenvalue weighted by Gasteiger charge is -2.06. The standard InChI is InChI=1S/C18H14ClN5O/c1-25-12-2-3-13(22-9-12)16-17(10-4-5-21-15(20)6-10)24-14-7-11(19)8-23-18(14)16/h2-9,24H,1H3,(H2,20,21). The van der Waals surface area contributed by atoms with Gasteiger partial charge in [0.25, 0.3) is 0 Å². The summed E-state index contributed by atoms with van der Waals surface area (Å²) in [5.41, 5.74) is 10.9. The van der Waals surface area contributed by atoms with E-state index in [1.54, 1.807) is 31.8 Å². The van der Waals surface area contributed by atoms with Crippen LogP contribution in [0.15, 0.2) is 48.9 Å². The van der Waals surface area contributed by atoms with E-state index in [4.69, 9.17) is 22.1 Å². The van der Waals surface area contributed by atoms with Gasteiger partial charge >= 0.3 is 0 Å². The molecule has 0 bridgehead atoms. The number of fused-ring (bicyclic) bond motifs is 1. The highest BCUT2D eigenvalue weighted by molar-refractivity contribution is 6.31. The number of aromatic amines is 1. The predicted molar refractivity (Wildman–Crippen MR) is 98.5 cm³/mol. The second kappa shape index (κ2) is 6.07. The Balaban J connectivity index is 2.00. The minimum absolute atomic E-state index is 0.441. The number of nitrogen functional groups attached to an aromatic ring is 1. The second-order valence-corrected chi connectivity index (χ2v) is 5.91. The zero-order valence-electron chi connectivity index (χ0n) is 13.3. The second-order valence-electron chi connectivity index (χ2n) is 5.48. The zero-order chi connectivity index (χ0) is 17.4. The molecule has 0 aliphatic carbocycles. The molecule has 0 fully saturated rings.